The molecule has 0 atom stereocenters. The predicted octanol–water partition coefficient (Wildman–Crippen LogP) is 3.80. The topological polar surface area (TPSA) is 62.7 Å². The molecule has 0 saturated carbocycles. The molecular weight excluding hydrogens is 370 g/mol. The lowest BCUT2D eigenvalue weighted by Gasteiger charge is -2.06. The molecule has 0 radical (unpaired) electrons. The van der Waals surface area contributed by atoms with E-state index < -0.39 is 0 Å². The highest BCUT2D eigenvalue weighted by Crippen LogP contribution is 2.14. The van der Waals surface area contributed by atoms with Crippen LogP contribution in [-0.4, -0.2) is 25.8 Å². The molecule has 24 heavy (non-hydrogen) atoms. The number of rotatable bonds is 8. The second-order valence-corrected chi connectivity index (χ2v) is 6.02. The first kappa shape index (κ1) is 18.0. The molecule has 2 N–H and O–H groups in total. The number of benzene rings is 2. The van der Waals surface area contributed by atoms with Gasteiger partial charge >= 0.3 is 0 Å². The highest BCUT2D eigenvalue weighted by atomic mass is 79.9. The number of ether oxygens (including phenoxy) is 1. The molecular formula is C18H20BrN3O2. The van der Waals surface area contributed by atoms with Gasteiger partial charge in [-0.3, -0.25) is 4.79 Å². The molecule has 0 aliphatic carbocycles. The lowest BCUT2D eigenvalue weighted by Crippen LogP contribution is -2.18. The summed E-state index contributed by atoms with van der Waals surface area (Å²) < 4.78 is 6.08. The maximum Gasteiger partial charge on any atom is 0.240 e. The van der Waals surface area contributed by atoms with Crippen LogP contribution in [0.5, 0.6) is 5.75 Å². The number of halogens is 1. The number of nitrogens with zero attached hydrogens (tertiary/aromatic N) is 1. The second kappa shape index (κ2) is 9.72. The number of carbonyl (C=O) groups is 1. The van der Waals surface area contributed by atoms with Gasteiger partial charge in [0.25, 0.3) is 0 Å². The van der Waals surface area contributed by atoms with Gasteiger partial charge in [0.1, 0.15) is 5.75 Å². The number of anilines is 1. The van der Waals surface area contributed by atoms with Crippen LogP contribution in [0.1, 0.15) is 18.4 Å². The van der Waals surface area contributed by atoms with Gasteiger partial charge < -0.3 is 10.1 Å². The van der Waals surface area contributed by atoms with E-state index in [0.717, 1.165) is 34.4 Å². The van der Waals surface area contributed by atoms with Crippen LogP contribution in [0.15, 0.2) is 58.1 Å². The smallest absolute Gasteiger partial charge is 0.240 e. The van der Waals surface area contributed by atoms with Crippen molar-refractivity contribution in [1.82, 2.24) is 5.43 Å². The van der Waals surface area contributed by atoms with Gasteiger partial charge in [-0.05, 0) is 48.4 Å². The standard InChI is InChI=1S/C18H20BrN3O2/c1-24-17-9-7-16(8-10-17)20-11-3-6-18(23)22-21-13-14-4-2-5-15(19)12-14/h2,4-5,7-10,12-13,20H,3,6,11H2,1H3,(H,22,23). The summed E-state index contributed by atoms with van der Waals surface area (Å²) in [6, 6.07) is 15.4. The Kier molecular flexibility index (Phi) is 7.29. The van der Waals surface area contributed by atoms with Crippen LogP contribution in [0.2, 0.25) is 0 Å². The quantitative estimate of drug-likeness (QED) is 0.410. The van der Waals surface area contributed by atoms with Crippen molar-refractivity contribution in [3.05, 3.63) is 58.6 Å². The molecule has 0 bridgehead atoms. The van der Waals surface area contributed by atoms with Gasteiger partial charge in [0.05, 0.1) is 13.3 Å². The summed E-state index contributed by atoms with van der Waals surface area (Å²) >= 11 is 3.39. The van der Waals surface area contributed by atoms with E-state index in [1.165, 1.54) is 0 Å². The Labute approximate surface area is 150 Å². The van der Waals surface area contributed by atoms with E-state index in [2.05, 4.69) is 31.8 Å². The van der Waals surface area contributed by atoms with Gasteiger partial charge in [0.2, 0.25) is 5.91 Å². The number of hydrogen-bond acceptors (Lipinski definition) is 4. The molecule has 0 spiro atoms. The number of hydrazone groups is 1. The van der Waals surface area contributed by atoms with Crippen LogP contribution < -0.4 is 15.5 Å². The van der Waals surface area contributed by atoms with Crippen molar-refractivity contribution in [1.29, 1.82) is 0 Å². The second-order valence-electron chi connectivity index (χ2n) is 5.11. The molecule has 126 valence electrons. The molecule has 0 unspecified atom stereocenters. The van der Waals surface area contributed by atoms with Crippen LogP contribution in [0.25, 0.3) is 0 Å². The first-order chi connectivity index (χ1) is 11.7. The van der Waals surface area contributed by atoms with Crippen molar-refractivity contribution >= 4 is 33.7 Å². The number of carbonyl (C=O) groups excluding carboxylic acids is 1. The summed E-state index contributed by atoms with van der Waals surface area (Å²) in [7, 11) is 1.64. The lowest BCUT2D eigenvalue weighted by atomic mass is 10.2. The number of methoxy groups -OCH3 is 1. The van der Waals surface area contributed by atoms with Gasteiger partial charge in [-0.2, -0.15) is 5.10 Å². The van der Waals surface area contributed by atoms with Gasteiger partial charge in [-0.25, -0.2) is 5.43 Å². The Morgan fingerprint density at radius 3 is 2.75 bits per heavy atom. The Bertz CT molecular complexity index is 687. The SMILES string of the molecule is COc1ccc(NCCCC(=O)NN=Cc2cccc(Br)c2)cc1. The van der Waals surface area contributed by atoms with E-state index in [9.17, 15) is 4.79 Å². The number of hydrogen-bond donors (Lipinski definition) is 2. The third kappa shape index (κ3) is 6.42. The van der Waals surface area contributed by atoms with E-state index in [4.69, 9.17) is 4.74 Å². The highest BCUT2D eigenvalue weighted by molar-refractivity contribution is 9.10. The van der Waals surface area contributed by atoms with E-state index in [-0.39, 0.29) is 5.91 Å². The Hall–Kier alpha value is -2.34. The molecule has 6 heteroatoms. The summed E-state index contributed by atoms with van der Waals surface area (Å²) in [5, 5.41) is 7.22. The third-order valence-corrected chi connectivity index (χ3v) is 3.74. The zero-order chi connectivity index (χ0) is 17.2. The Balaban J connectivity index is 1.64. The Morgan fingerprint density at radius 2 is 2.04 bits per heavy atom. The third-order valence-electron chi connectivity index (χ3n) is 3.25. The fourth-order valence-electron chi connectivity index (χ4n) is 2.01. The molecule has 2 rings (SSSR count). The predicted molar refractivity (Wildman–Crippen MR) is 101 cm³/mol. The zero-order valence-corrected chi connectivity index (χ0v) is 15.0. The first-order valence-electron chi connectivity index (χ1n) is 7.63. The Morgan fingerprint density at radius 1 is 1.25 bits per heavy atom. The van der Waals surface area contributed by atoms with Crippen LogP contribution in [-0.2, 0) is 4.79 Å². The summed E-state index contributed by atoms with van der Waals surface area (Å²) in [5.41, 5.74) is 4.46. The van der Waals surface area contributed by atoms with Gasteiger partial charge in [-0.15, -0.1) is 0 Å². The summed E-state index contributed by atoms with van der Waals surface area (Å²) in [5.74, 6) is 0.723. The van der Waals surface area contributed by atoms with Crippen molar-refractivity contribution in [2.75, 3.05) is 19.0 Å². The van der Waals surface area contributed by atoms with Crippen LogP contribution in [0.3, 0.4) is 0 Å². The average molecular weight is 390 g/mol. The summed E-state index contributed by atoms with van der Waals surface area (Å²) in [4.78, 5) is 11.7. The van der Waals surface area contributed by atoms with Crippen molar-refractivity contribution in [2.24, 2.45) is 5.10 Å². The van der Waals surface area contributed by atoms with E-state index in [1.807, 2.05) is 48.5 Å². The maximum absolute atomic E-state index is 11.7. The normalized spacial score (nSPS) is 10.6. The molecule has 2 aromatic rings. The summed E-state index contributed by atoms with van der Waals surface area (Å²) in [6.07, 6.45) is 2.77. The van der Waals surface area contributed by atoms with Crippen molar-refractivity contribution in [3.63, 3.8) is 0 Å². The minimum atomic E-state index is -0.0993. The highest BCUT2D eigenvalue weighted by Gasteiger charge is 1.99. The van der Waals surface area contributed by atoms with Crippen molar-refractivity contribution < 1.29 is 9.53 Å². The van der Waals surface area contributed by atoms with Crippen molar-refractivity contribution in [2.45, 2.75) is 12.8 Å². The molecule has 0 fully saturated rings. The van der Waals surface area contributed by atoms with Crippen LogP contribution >= 0.6 is 15.9 Å². The minimum absolute atomic E-state index is 0.0993. The fraction of sp³-hybridized carbons (Fsp3) is 0.222. The van der Waals surface area contributed by atoms with Crippen LogP contribution in [0.4, 0.5) is 5.69 Å². The molecule has 1 amide bonds. The first-order valence-corrected chi connectivity index (χ1v) is 8.42. The van der Waals surface area contributed by atoms with E-state index in [0.29, 0.717) is 6.42 Å². The fourth-order valence-corrected chi connectivity index (χ4v) is 2.43. The molecule has 0 heterocycles. The minimum Gasteiger partial charge on any atom is -0.497 e. The molecule has 0 aliphatic heterocycles. The maximum atomic E-state index is 11.7. The molecule has 2 aromatic carbocycles. The van der Waals surface area contributed by atoms with Gasteiger partial charge in [-0.1, -0.05) is 28.1 Å². The number of nitrogens with one attached hydrogen (secondary N) is 2. The van der Waals surface area contributed by atoms with Gasteiger partial charge in [0.15, 0.2) is 0 Å². The van der Waals surface area contributed by atoms with E-state index >= 15 is 0 Å². The average Bonchev–Trinajstić information content (AvgIpc) is 2.59. The lowest BCUT2D eigenvalue weighted by molar-refractivity contribution is -0.121. The van der Waals surface area contributed by atoms with Crippen molar-refractivity contribution in [3.8, 4) is 5.75 Å². The van der Waals surface area contributed by atoms with Gasteiger partial charge in [0, 0.05) is 23.1 Å². The molecule has 0 saturated heterocycles. The largest absolute Gasteiger partial charge is 0.497 e. The van der Waals surface area contributed by atoms with Crippen LogP contribution in [0, 0.1) is 0 Å². The molecule has 0 aliphatic rings. The number of amides is 1. The molecule has 5 nitrogen and oxygen atoms in total. The zero-order valence-electron chi connectivity index (χ0n) is 13.5. The summed E-state index contributed by atoms with van der Waals surface area (Å²) in [6.45, 7) is 0.717. The monoisotopic (exact) mass is 389 g/mol. The molecule has 0 aromatic heterocycles. The van der Waals surface area contributed by atoms with E-state index in [1.54, 1.807) is 13.3 Å².